The number of aliphatic imine (C=N–C) groups is 1. The number of halogens is 1. The Kier molecular flexibility index (Phi) is 6.09. The summed E-state index contributed by atoms with van der Waals surface area (Å²) in [6.45, 7) is 1.96. The summed E-state index contributed by atoms with van der Waals surface area (Å²) in [6, 6.07) is 9.81. The SMILES string of the molecule is Br.N#Cc1ccc(CSC2=NCCCN2)cc1. The van der Waals surface area contributed by atoms with Crippen molar-refractivity contribution >= 4 is 33.9 Å². The third kappa shape index (κ3) is 4.41. The number of nitriles is 1. The van der Waals surface area contributed by atoms with Crippen molar-refractivity contribution in [2.75, 3.05) is 13.1 Å². The van der Waals surface area contributed by atoms with Crippen LogP contribution < -0.4 is 5.32 Å². The highest BCUT2D eigenvalue weighted by Gasteiger charge is 2.04. The molecule has 3 nitrogen and oxygen atoms in total. The van der Waals surface area contributed by atoms with E-state index >= 15 is 0 Å². The zero-order valence-corrected chi connectivity index (χ0v) is 11.9. The molecule has 1 aromatic carbocycles. The lowest BCUT2D eigenvalue weighted by molar-refractivity contribution is 0.751. The van der Waals surface area contributed by atoms with Gasteiger partial charge in [-0.25, -0.2) is 0 Å². The Balaban J connectivity index is 0.00000144. The molecule has 0 aromatic heterocycles. The zero-order valence-electron chi connectivity index (χ0n) is 9.35. The maximum absolute atomic E-state index is 8.68. The average Bonchev–Trinajstić information content (AvgIpc) is 2.38. The van der Waals surface area contributed by atoms with Crippen LogP contribution in [0.25, 0.3) is 0 Å². The van der Waals surface area contributed by atoms with Crippen molar-refractivity contribution in [2.45, 2.75) is 12.2 Å². The molecule has 0 saturated carbocycles. The molecule has 0 atom stereocenters. The summed E-state index contributed by atoms with van der Waals surface area (Å²) in [5, 5.41) is 13.0. The molecular weight excluding hydrogens is 298 g/mol. The van der Waals surface area contributed by atoms with Crippen molar-refractivity contribution in [3.05, 3.63) is 35.4 Å². The second-order valence-electron chi connectivity index (χ2n) is 3.56. The minimum atomic E-state index is 0. The maximum Gasteiger partial charge on any atom is 0.156 e. The molecule has 17 heavy (non-hydrogen) atoms. The normalized spacial score (nSPS) is 13.9. The fourth-order valence-corrected chi connectivity index (χ4v) is 2.32. The van der Waals surface area contributed by atoms with Gasteiger partial charge in [0.2, 0.25) is 0 Å². The Hall–Kier alpha value is -0.990. The van der Waals surface area contributed by atoms with E-state index in [1.165, 1.54) is 5.56 Å². The van der Waals surface area contributed by atoms with E-state index in [4.69, 9.17) is 5.26 Å². The lowest BCUT2D eigenvalue weighted by Gasteiger charge is -2.13. The highest BCUT2D eigenvalue weighted by atomic mass is 79.9. The summed E-state index contributed by atoms with van der Waals surface area (Å²) in [5.41, 5.74) is 1.93. The van der Waals surface area contributed by atoms with E-state index in [2.05, 4.69) is 16.4 Å². The fraction of sp³-hybridized carbons (Fsp3) is 0.333. The van der Waals surface area contributed by atoms with Crippen LogP contribution in [0.1, 0.15) is 17.5 Å². The van der Waals surface area contributed by atoms with Gasteiger partial charge in [0, 0.05) is 18.8 Å². The molecule has 1 aliphatic heterocycles. The second-order valence-corrected chi connectivity index (χ2v) is 4.53. The van der Waals surface area contributed by atoms with E-state index in [1.54, 1.807) is 11.8 Å². The molecule has 0 aliphatic carbocycles. The number of benzene rings is 1. The number of nitrogens with one attached hydrogen (secondary N) is 1. The smallest absolute Gasteiger partial charge is 0.156 e. The molecule has 2 rings (SSSR count). The van der Waals surface area contributed by atoms with E-state index in [0.29, 0.717) is 5.56 Å². The van der Waals surface area contributed by atoms with Crippen LogP contribution >= 0.6 is 28.7 Å². The van der Waals surface area contributed by atoms with Crippen molar-refractivity contribution < 1.29 is 0 Å². The van der Waals surface area contributed by atoms with Crippen molar-refractivity contribution in [1.29, 1.82) is 5.26 Å². The molecule has 5 heteroatoms. The van der Waals surface area contributed by atoms with Crippen molar-refractivity contribution in [3.8, 4) is 6.07 Å². The number of thioether (sulfide) groups is 1. The highest BCUT2D eigenvalue weighted by molar-refractivity contribution is 8.93. The Morgan fingerprint density at radius 3 is 2.71 bits per heavy atom. The van der Waals surface area contributed by atoms with Gasteiger partial charge >= 0.3 is 0 Å². The summed E-state index contributed by atoms with van der Waals surface area (Å²) in [5.74, 6) is 0.900. The van der Waals surface area contributed by atoms with Gasteiger partial charge in [0.25, 0.3) is 0 Å². The summed E-state index contributed by atoms with van der Waals surface area (Å²) >= 11 is 1.72. The largest absolute Gasteiger partial charge is 0.365 e. The summed E-state index contributed by atoms with van der Waals surface area (Å²) in [6.07, 6.45) is 1.13. The molecule has 0 saturated heterocycles. The topological polar surface area (TPSA) is 48.2 Å². The number of amidine groups is 1. The van der Waals surface area contributed by atoms with Crippen LogP contribution in [-0.4, -0.2) is 18.3 Å². The molecule has 0 spiro atoms. The Morgan fingerprint density at radius 2 is 2.12 bits per heavy atom. The van der Waals surface area contributed by atoms with Gasteiger partial charge in [0.05, 0.1) is 11.6 Å². The van der Waals surface area contributed by atoms with E-state index in [-0.39, 0.29) is 17.0 Å². The van der Waals surface area contributed by atoms with Crippen LogP contribution in [0.2, 0.25) is 0 Å². The molecular formula is C12H14BrN3S. The highest BCUT2D eigenvalue weighted by Crippen LogP contribution is 2.14. The first-order valence-electron chi connectivity index (χ1n) is 5.28. The van der Waals surface area contributed by atoms with E-state index in [0.717, 1.165) is 30.4 Å². The van der Waals surface area contributed by atoms with Gasteiger partial charge in [-0.05, 0) is 24.1 Å². The lowest BCUT2D eigenvalue weighted by Crippen LogP contribution is -2.26. The third-order valence-corrected chi connectivity index (χ3v) is 3.35. The van der Waals surface area contributed by atoms with E-state index < -0.39 is 0 Å². The van der Waals surface area contributed by atoms with Crippen molar-refractivity contribution in [2.24, 2.45) is 4.99 Å². The Labute approximate surface area is 116 Å². The minimum absolute atomic E-state index is 0. The van der Waals surface area contributed by atoms with Crippen LogP contribution in [0.3, 0.4) is 0 Å². The molecule has 90 valence electrons. The average molecular weight is 312 g/mol. The predicted molar refractivity (Wildman–Crippen MR) is 77.7 cm³/mol. The molecule has 0 unspecified atom stereocenters. The lowest BCUT2D eigenvalue weighted by atomic mass is 10.2. The van der Waals surface area contributed by atoms with Crippen LogP contribution in [0, 0.1) is 11.3 Å². The first-order chi connectivity index (χ1) is 7.88. The monoisotopic (exact) mass is 311 g/mol. The van der Waals surface area contributed by atoms with Gasteiger partial charge in [-0.15, -0.1) is 17.0 Å². The standard InChI is InChI=1S/C12H13N3S.BrH/c13-8-10-2-4-11(5-3-10)9-16-12-14-6-1-7-15-12;/h2-5H,1,6-7,9H2,(H,14,15);1H. The van der Waals surface area contributed by atoms with E-state index in [1.807, 2.05) is 24.3 Å². The maximum atomic E-state index is 8.68. The van der Waals surface area contributed by atoms with Gasteiger partial charge in [-0.2, -0.15) is 5.26 Å². The molecule has 0 bridgehead atoms. The van der Waals surface area contributed by atoms with Crippen LogP contribution in [0.5, 0.6) is 0 Å². The fourth-order valence-electron chi connectivity index (χ4n) is 1.43. The Morgan fingerprint density at radius 1 is 1.35 bits per heavy atom. The van der Waals surface area contributed by atoms with E-state index in [9.17, 15) is 0 Å². The first-order valence-corrected chi connectivity index (χ1v) is 6.27. The molecule has 1 N–H and O–H groups in total. The number of nitrogens with zero attached hydrogens (tertiary/aromatic N) is 2. The van der Waals surface area contributed by atoms with Gasteiger partial charge < -0.3 is 5.32 Å². The quantitative estimate of drug-likeness (QED) is 0.913. The van der Waals surface area contributed by atoms with Gasteiger partial charge in [-0.3, -0.25) is 4.99 Å². The molecule has 1 heterocycles. The van der Waals surface area contributed by atoms with Gasteiger partial charge in [-0.1, -0.05) is 23.9 Å². The third-order valence-electron chi connectivity index (χ3n) is 2.33. The van der Waals surface area contributed by atoms with Gasteiger partial charge in [0.15, 0.2) is 5.17 Å². The first kappa shape index (κ1) is 14.1. The summed E-state index contributed by atoms with van der Waals surface area (Å²) < 4.78 is 0. The summed E-state index contributed by atoms with van der Waals surface area (Å²) in [7, 11) is 0. The van der Waals surface area contributed by atoms with Crippen molar-refractivity contribution in [3.63, 3.8) is 0 Å². The zero-order chi connectivity index (χ0) is 11.2. The van der Waals surface area contributed by atoms with Crippen molar-refractivity contribution in [1.82, 2.24) is 5.32 Å². The number of rotatable bonds is 2. The summed E-state index contributed by atoms with van der Waals surface area (Å²) in [4.78, 5) is 4.39. The molecule has 1 aliphatic rings. The van der Waals surface area contributed by atoms with Crippen LogP contribution in [0.15, 0.2) is 29.3 Å². The second kappa shape index (κ2) is 7.36. The molecule has 0 fully saturated rings. The molecule has 1 aromatic rings. The molecule has 0 radical (unpaired) electrons. The predicted octanol–water partition coefficient (Wildman–Crippen LogP) is 2.72. The Bertz CT molecular complexity index is 422. The molecule has 0 amide bonds. The number of hydrogen-bond donors (Lipinski definition) is 1. The minimum Gasteiger partial charge on any atom is -0.365 e. The van der Waals surface area contributed by atoms with Crippen LogP contribution in [-0.2, 0) is 5.75 Å². The van der Waals surface area contributed by atoms with Crippen LogP contribution in [0.4, 0.5) is 0 Å². The van der Waals surface area contributed by atoms with Gasteiger partial charge in [0.1, 0.15) is 0 Å². The number of hydrogen-bond acceptors (Lipinski definition) is 4.